The smallest absolute Gasteiger partial charge is 0.309 e. The molecule has 0 spiro atoms. The molecule has 4 nitrogen and oxygen atoms in total. The van der Waals surface area contributed by atoms with Crippen molar-refractivity contribution in [1.82, 2.24) is 0 Å². The number of rotatable bonds is 15. The van der Waals surface area contributed by atoms with Crippen molar-refractivity contribution in [2.45, 2.75) is 114 Å². The van der Waals surface area contributed by atoms with Crippen LogP contribution in [0.4, 0.5) is 0 Å². The number of benzene rings is 2. The molecule has 3 atom stereocenters. The Labute approximate surface area is 227 Å². The van der Waals surface area contributed by atoms with E-state index in [9.17, 15) is 20.1 Å². The van der Waals surface area contributed by atoms with Gasteiger partial charge in [0, 0.05) is 16.1 Å². The molecule has 5 heteroatoms. The van der Waals surface area contributed by atoms with Gasteiger partial charge in [0.2, 0.25) is 0 Å². The Morgan fingerprint density at radius 1 is 0.919 bits per heavy atom. The van der Waals surface area contributed by atoms with Crippen LogP contribution >= 0.6 is 11.8 Å². The maximum atomic E-state index is 11.8. The van der Waals surface area contributed by atoms with E-state index in [2.05, 4.69) is 32.0 Å². The van der Waals surface area contributed by atoms with Crippen molar-refractivity contribution in [3.63, 3.8) is 0 Å². The Hall–Kier alpha value is -2.14. The number of phenols is 2. The molecule has 1 aliphatic heterocycles. The lowest BCUT2D eigenvalue weighted by Crippen LogP contribution is -2.36. The molecule has 3 rings (SSSR count). The van der Waals surface area contributed by atoms with Crippen LogP contribution in [-0.4, -0.2) is 27.0 Å². The molecule has 0 amide bonds. The fourth-order valence-electron chi connectivity index (χ4n) is 5.88. The Balaban J connectivity index is 1.52. The van der Waals surface area contributed by atoms with Crippen LogP contribution in [0.5, 0.6) is 11.5 Å². The van der Waals surface area contributed by atoms with Crippen molar-refractivity contribution in [2.75, 3.05) is 5.75 Å². The summed E-state index contributed by atoms with van der Waals surface area (Å²) in [5.74, 6) is 1.28. The lowest BCUT2D eigenvalue weighted by Gasteiger charge is -2.43. The van der Waals surface area contributed by atoms with Gasteiger partial charge in [0.25, 0.3) is 0 Å². The van der Waals surface area contributed by atoms with E-state index in [0.717, 1.165) is 70.0 Å². The number of hydrogen-bond donors (Lipinski definition) is 3. The van der Waals surface area contributed by atoms with Gasteiger partial charge in [0.05, 0.1) is 5.41 Å². The molecule has 0 aromatic heterocycles. The molecule has 3 unspecified atom stereocenters. The van der Waals surface area contributed by atoms with Gasteiger partial charge in [-0.05, 0) is 67.5 Å². The minimum Gasteiger partial charge on any atom is -0.508 e. The fraction of sp³-hybridized carbons (Fsp3) is 0.594. The molecule has 37 heavy (non-hydrogen) atoms. The predicted octanol–water partition coefficient (Wildman–Crippen LogP) is 9.04. The standard InChI is InChI=1S/C32H46O4S/c1-4-5-11-20-31(2,30(35)36)21-12-9-7-6-8-10-13-28-27-19-18-26(34)22-29(27)37-23-32(28,3)24-14-16-25(33)17-15-24/h14-19,22,28,33-34H,4-13,20-21,23H2,1-3H3,(H,35,36). The monoisotopic (exact) mass is 526 g/mol. The molecule has 3 N–H and O–H groups in total. The SMILES string of the molecule is CCCCCC(C)(CCCCCCCCC1c2ccc(O)cc2SCC1(C)c1ccc(O)cc1)C(=O)O. The number of aliphatic carboxylic acids is 1. The predicted molar refractivity (Wildman–Crippen MR) is 154 cm³/mol. The van der Waals surface area contributed by atoms with Crippen molar-refractivity contribution < 1.29 is 20.1 Å². The molecule has 1 heterocycles. The van der Waals surface area contributed by atoms with Crippen molar-refractivity contribution in [2.24, 2.45) is 5.41 Å². The number of hydrogen-bond acceptors (Lipinski definition) is 4. The summed E-state index contributed by atoms with van der Waals surface area (Å²) in [5.41, 5.74) is 1.96. The number of carboxylic acid groups (broad SMARTS) is 1. The van der Waals surface area contributed by atoms with Gasteiger partial charge in [-0.15, -0.1) is 11.8 Å². The van der Waals surface area contributed by atoms with Crippen LogP contribution in [0.25, 0.3) is 0 Å². The molecule has 2 aromatic rings. The van der Waals surface area contributed by atoms with E-state index in [1.54, 1.807) is 12.1 Å². The lowest BCUT2D eigenvalue weighted by atomic mass is 9.68. The molecule has 0 saturated carbocycles. The maximum Gasteiger partial charge on any atom is 0.309 e. The fourth-order valence-corrected chi connectivity index (χ4v) is 7.29. The molecule has 0 bridgehead atoms. The van der Waals surface area contributed by atoms with E-state index in [0.29, 0.717) is 17.4 Å². The van der Waals surface area contributed by atoms with E-state index < -0.39 is 11.4 Å². The summed E-state index contributed by atoms with van der Waals surface area (Å²) < 4.78 is 0. The Kier molecular flexibility index (Phi) is 10.8. The second kappa shape index (κ2) is 13.6. The maximum absolute atomic E-state index is 11.8. The van der Waals surface area contributed by atoms with Crippen LogP contribution in [0, 0.1) is 5.41 Å². The Morgan fingerprint density at radius 2 is 1.51 bits per heavy atom. The molecule has 0 aliphatic carbocycles. The first-order valence-corrected chi connectivity index (χ1v) is 15.2. The zero-order chi connectivity index (χ0) is 26.9. The van der Waals surface area contributed by atoms with Gasteiger partial charge in [-0.3, -0.25) is 4.79 Å². The van der Waals surface area contributed by atoms with Gasteiger partial charge in [-0.2, -0.15) is 0 Å². The molecule has 0 fully saturated rings. The third kappa shape index (κ3) is 7.69. The van der Waals surface area contributed by atoms with Crippen LogP contribution in [0.2, 0.25) is 0 Å². The number of unbranched alkanes of at least 4 members (excludes halogenated alkanes) is 7. The molecule has 0 saturated heterocycles. The third-order valence-electron chi connectivity index (χ3n) is 8.52. The minimum atomic E-state index is -0.639. The van der Waals surface area contributed by atoms with Gasteiger partial charge in [0.1, 0.15) is 11.5 Å². The van der Waals surface area contributed by atoms with Crippen LogP contribution in [0.3, 0.4) is 0 Å². The van der Waals surface area contributed by atoms with E-state index in [4.69, 9.17) is 0 Å². The molecular weight excluding hydrogens is 480 g/mol. The summed E-state index contributed by atoms with van der Waals surface area (Å²) in [6, 6.07) is 13.5. The quantitative estimate of drug-likeness (QED) is 0.202. The van der Waals surface area contributed by atoms with Gasteiger partial charge < -0.3 is 15.3 Å². The number of phenolic OH excluding ortho intramolecular Hbond substituents is 2. The van der Waals surface area contributed by atoms with Gasteiger partial charge in [-0.1, -0.05) is 89.8 Å². The highest BCUT2D eigenvalue weighted by molar-refractivity contribution is 7.99. The van der Waals surface area contributed by atoms with Crippen molar-refractivity contribution in [1.29, 1.82) is 0 Å². The first-order chi connectivity index (χ1) is 17.7. The Bertz CT molecular complexity index is 1000. The average molecular weight is 527 g/mol. The zero-order valence-electron chi connectivity index (χ0n) is 23.0. The van der Waals surface area contributed by atoms with Gasteiger partial charge in [0.15, 0.2) is 0 Å². The number of fused-ring (bicyclic) bond motifs is 1. The molecule has 0 radical (unpaired) electrons. The average Bonchev–Trinajstić information content (AvgIpc) is 2.87. The summed E-state index contributed by atoms with van der Waals surface area (Å²) in [7, 11) is 0. The second-order valence-electron chi connectivity index (χ2n) is 11.5. The van der Waals surface area contributed by atoms with E-state index in [1.165, 1.54) is 28.9 Å². The van der Waals surface area contributed by atoms with Crippen LogP contribution in [0.1, 0.15) is 115 Å². The normalized spacial score (nSPS) is 20.8. The number of thioether (sulfide) groups is 1. The van der Waals surface area contributed by atoms with Crippen LogP contribution in [0.15, 0.2) is 47.4 Å². The summed E-state index contributed by atoms with van der Waals surface area (Å²) in [6.45, 7) is 6.42. The first-order valence-electron chi connectivity index (χ1n) is 14.2. The third-order valence-corrected chi connectivity index (χ3v) is 9.92. The minimum absolute atomic E-state index is 0.0403. The summed E-state index contributed by atoms with van der Waals surface area (Å²) in [4.78, 5) is 13.0. The number of carbonyl (C=O) groups is 1. The van der Waals surface area contributed by atoms with Crippen molar-refractivity contribution in [3.05, 3.63) is 53.6 Å². The first kappa shape index (κ1) is 29.4. The summed E-state index contributed by atoms with van der Waals surface area (Å²) in [5, 5.41) is 29.6. The van der Waals surface area contributed by atoms with E-state index in [-0.39, 0.29) is 5.41 Å². The topological polar surface area (TPSA) is 77.8 Å². The van der Waals surface area contributed by atoms with Crippen LogP contribution in [-0.2, 0) is 10.2 Å². The molecule has 204 valence electrons. The largest absolute Gasteiger partial charge is 0.508 e. The Morgan fingerprint density at radius 3 is 2.16 bits per heavy atom. The lowest BCUT2D eigenvalue weighted by molar-refractivity contribution is -0.149. The summed E-state index contributed by atoms with van der Waals surface area (Å²) >= 11 is 1.81. The molecule has 2 aromatic carbocycles. The highest BCUT2D eigenvalue weighted by Crippen LogP contribution is 2.52. The highest BCUT2D eigenvalue weighted by Gasteiger charge is 2.41. The van der Waals surface area contributed by atoms with Crippen molar-refractivity contribution >= 4 is 17.7 Å². The number of aromatic hydroxyl groups is 2. The van der Waals surface area contributed by atoms with E-state index >= 15 is 0 Å². The van der Waals surface area contributed by atoms with Crippen molar-refractivity contribution in [3.8, 4) is 11.5 Å². The zero-order valence-corrected chi connectivity index (χ0v) is 23.8. The molecular formula is C32H46O4S. The van der Waals surface area contributed by atoms with Gasteiger partial charge in [-0.25, -0.2) is 0 Å². The second-order valence-corrected chi connectivity index (χ2v) is 12.5. The molecule has 1 aliphatic rings. The van der Waals surface area contributed by atoms with Gasteiger partial charge >= 0.3 is 5.97 Å². The van der Waals surface area contributed by atoms with E-state index in [1.807, 2.05) is 30.8 Å². The highest BCUT2D eigenvalue weighted by atomic mass is 32.2. The van der Waals surface area contributed by atoms with Crippen LogP contribution < -0.4 is 0 Å². The number of carboxylic acids is 1. The summed E-state index contributed by atoms with van der Waals surface area (Å²) in [6.07, 6.45) is 12.6.